The molecule has 14 heavy (non-hydrogen) atoms. The molecule has 70 valence electrons. The second-order valence-electron chi connectivity index (χ2n) is 2.34. The van der Waals surface area contributed by atoms with E-state index in [9.17, 15) is 9.59 Å². The zero-order valence-electron chi connectivity index (χ0n) is 8.98. The van der Waals surface area contributed by atoms with E-state index in [1.165, 1.54) is 19.2 Å². The number of rotatable bonds is 2. The maximum absolute atomic E-state index is 11.1. The third kappa shape index (κ3) is 2.83. The largest absolute Gasteiger partial charge is 1.00 e. The van der Waals surface area contributed by atoms with Crippen molar-refractivity contribution in [2.45, 2.75) is 0 Å². The molecule has 0 aliphatic heterocycles. The summed E-state index contributed by atoms with van der Waals surface area (Å²) in [7, 11) is 1.21. The number of carbonyl (C=O) groups is 2. The van der Waals surface area contributed by atoms with Crippen LogP contribution in [0.2, 0.25) is 0 Å². The van der Waals surface area contributed by atoms with Gasteiger partial charge in [0.05, 0.1) is 18.2 Å². The van der Waals surface area contributed by atoms with E-state index in [1.54, 1.807) is 12.1 Å². The van der Waals surface area contributed by atoms with Crippen molar-refractivity contribution in [1.82, 2.24) is 0 Å². The van der Waals surface area contributed by atoms with E-state index in [0.717, 1.165) is 0 Å². The van der Waals surface area contributed by atoms with Crippen molar-refractivity contribution in [3.05, 3.63) is 35.4 Å². The molecule has 0 saturated heterocycles. The molecule has 0 fully saturated rings. The van der Waals surface area contributed by atoms with Crippen molar-refractivity contribution in [2.75, 3.05) is 7.11 Å². The Morgan fingerprint density at radius 2 is 1.79 bits per heavy atom. The predicted molar refractivity (Wildman–Crippen MR) is 45.9 cm³/mol. The molecule has 4 nitrogen and oxygen atoms in total. The molecule has 1 aromatic carbocycles. The summed E-state index contributed by atoms with van der Waals surface area (Å²) in [5, 5.41) is 8.70. The maximum atomic E-state index is 11.1. The first-order valence-corrected chi connectivity index (χ1v) is 3.57. The fourth-order valence-electron chi connectivity index (χ4n) is 0.958. The summed E-state index contributed by atoms with van der Waals surface area (Å²) in [5.41, 5.74) is 0.0202. The maximum Gasteiger partial charge on any atom is 1.00 e. The first kappa shape index (κ1) is 13.2. The number of carboxylic acid groups (broad SMARTS) is 1. The number of carboxylic acids is 1. The molecule has 0 spiro atoms. The van der Waals surface area contributed by atoms with Gasteiger partial charge in [0.1, 0.15) is 0 Å². The van der Waals surface area contributed by atoms with E-state index in [1.807, 2.05) is 0 Å². The van der Waals surface area contributed by atoms with E-state index in [2.05, 4.69) is 4.74 Å². The molecular formula is C9H9NaO4. The number of esters is 1. The minimum absolute atomic E-state index is 0. The standard InChI is InChI=1S/C9H8O4.Na.H/c1-13-9(12)7-5-3-2-4-6(7)8(10)11;;/h2-5H,1H3,(H,10,11);;/q;+1;-1. The average molecular weight is 204 g/mol. The summed E-state index contributed by atoms with van der Waals surface area (Å²) in [4.78, 5) is 21.7. The predicted octanol–water partition coefficient (Wildman–Crippen LogP) is -1.71. The Kier molecular flexibility index (Phi) is 5.45. The van der Waals surface area contributed by atoms with Gasteiger partial charge in [0.2, 0.25) is 0 Å². The Balaban J connectivity index is 0. The molecule has 0 unspecified atom stereocenters. The zero-order chi connectivity index (χ0) is 9.84. The number of hydrogen-bond donors (Lipinski definition) is 1. The minimum atomic E-state index is -1.14. The topological polar surface area (TPSA) is 63.6 Å². The molecule has 0 aromatic heterocycles. The van der Waals surface area contributed by atoms with Gasteiger partial charge in [-0.25, -0.2) is 9.59 Å². The van der Waals surface area contributed by atoms with Gasteiger partial charge in [-0.05, 0) is 12.1 Å². The number of hydrogen-bond acceptors (Lipinski definition) is 3. The van der Waals surface area contributed by atoms with Crippen LogP contribution >= 0.6 is 0 Å². The van der Waals surface area contributed by atoms with Crippen molar-refractivity contribution >= 4 is 11.9 Å². The van der Waals surface area contributed by atoms with Crippen molar-refractivity contribution in [1.29, 1.82) is 0 Å². The molecular weight excluding hydrogens is 195 g/mol. The first-order chi connectivity index (χ1) is 6.16. The summed E-state index contributed by atoms with van der Waals surface area (Å²) in [6.07, 6.45) is 0. The van der Waals surface area contributed by atoms with Gasteiger partial charge in [0, 0.05) is 0 Å². The summed E-state index contributed by atoms with van der Waals surface area (Å²) < 4.78 is 4.42. The van der Waals surface area contributed by atoms with E-state index in [0.29, 0.717) is 0 Å². The number of ether oxygens (including phenoxy) is 1. The SMILES string of the molecule is COC(=O)c1ccccc1C(=O)O.[H-].[Na+]. The third-order valence-corrected chi connectivity index (χ3v) is 1.56. The normalized spacial score (nSPS) is 8.64. The van der Waals surface area contributed by atoms with Crippen molar-refractivity contribution < 1.29 is 50.4 Å². The van der Waals surface area contributed by atoms with Crippen LogP contribution in [-0.4, -0.2) is 24.2 Å². The van der Waals surface area contributed by atoms with Crippen LogP contribution in [0.1, 0.15) is 22.1 Å². The summed E-state index contributed by atoms with van der Waals surface area (Å²) in [6.45, 7) is 0. The molecule has 1 rings (SSSR count). The smallest absolute Gasteiger partial charge is 1.00 e. The molecule has 0 atom stereocenters. The fraction of sp³-hybridized carbons (Fsp3) is 0.111. The second kappa shape index (κ2) is 5.80. The van der Waals surface area contributed by atoms with E-state index in [-0.39, 0.29) is 42.1 Å². The summed E-state index contributed by atoms with van der Waals surface area (Å²) in [5.74, 6) is -1.78. The van der Waals surface area contributed by atoms with Gasteiger partial charge in [-0.15, -0.1) is 0 Å². The van der Waals surface area contributed by atoms with Crippen LogP contribution in [0.3, 0.4) is 0 Å². The Hall–Kier alpha value is -0.840. The van der Waals surface area contributed by atoms with E-state index < -0.39 is 11.9 Å². The Bertz CT molecular complexity index is 354. The molecule has 1 aromatic rings. The van der Waals surface area contributed by atoms with Crippen LogP contribution < -0.4 is 29.6 Å². The molecule has 0 aliphatic rings. The summed E-state index contributed by atoms with van der Waals surface area (Å²) in [6, 6.07) is 5.90. The molecule has 0 heterocycles. The molecule has 0 aliphatic carbocycles. The van der Waals surface area contributed by atoms with Crippen LogP contribution in [0.5, 0.6) is 0 Å². The second-order valence-corrected chi connectivity index (χ2v) is 2.34. The van der Waals surface area contributed by atoms with Gasteiger partial charge in [-0.2, -0.15) is 0 Å². The van der Waals surface area contributed by atoms with Crippen LogP contribution in [0.25, 0.3) is 0 Å². The van der Waals surface area contributed by atoms with Crippen LogP contribution in [0.15, 0.2) is 24.3 Å². The van der Waals surface area contributed by atoms with Gasteiger partial charge < -0.3 is 11.3 Å². The molecule has 0 saturated carbocycles. The summed E-state index contributed by atoms with van der Waals surface area (Å²) >= 11 is 0. The average Bonchev–Trinajstić information content (AvgIpc) is 2.16. The van der Waals surface area contributed by atoms with Crippen LogP contribution in [0, 0.1) is 0 Å². The molecule has 5 heteroatoms. The van der Waals surface area contributed by atoms with Crippen molar-refractivity contribution in [3.63, 3.8) is 0 Å². The van der Waals surface area contributed by atoms with Gasteiger partial charge in [0.25, 0.3) is 0 Å². The Morgan fingerprint density at radius 1 is 1.29 bits per heavy atom. The molecule has 0 bridgehead atoms. The minimum Gasteiger partial charge on any atom is -1.00 e. The van der Waals surface area contributed by atoms with Crippen LogP contribution in [-0.2, 0) is 4.74 Å². The fourth-order valence-corrected chi connectivity index (χ4v) is 0.958. The molecule has 1 N–H and O–H groups in total. The van der Waals surface area contributed by atoms with Crippen molar-refractivity contribution in [2.24, 2.45) is 0 Å². The van der Waals surface area contributed by atoms with Crippen molar-refractivity contribution in [3.8, 4) is 0 Å². The first-order valence-electron chi connectivity index (χ1n) is 3.57. The van der Waals surface area contributed by atoms with Gasteiger partial charge in [-0.1, -0.05) is 12.1 Å². The number of methoxy groups -OCH3 is 1. The van der Waals surface area contributed by atoms with E-state index >= 15 is 0 Å². The molecule has 0 amide bonds. The number of benzene rings is 1. The Labute approximate surface area is 105 Å². The van der Waals surface area contributed by atoms with Gasteiger partial charge in [0.15, 0.2) is 0 Å². The Morgan fingerprint density at radius 3 is 2.21 bits per heavy atom. The van der Waals surface area contributed by atoms with Crippen LogP contribution in [0.4, 0.5) is 0 Å². The number of carbonyl (C=O) groups excluding carboxylic acids is 1. The third-order valence-electron chi connectivity index (χ3n) is 1.56. The molecule has 0 radical (unpaired) electrons. The zero-order valence-corrected chi connectivity index (χ0v) is 9.98. The van der Waals surface area contributed by atoms with Gasteiger partial charge in [-0.3, -0.25) is 0 Å². The van der Waals surface area contributed by atoms with Gasteiger partial charge >= 0.3 is 41.5 Å². The monoisotopic (exact) mass is 204 g/mol. The number of aromatic carboxylic acids is 1. The van der Waals surface area contributed by atoms with E-state index in [4.69, 9.17) is 5.11 Å². The quantitative estimate of drug-likeness (QED) is 0.460.